The maximum absolute atomic E-state index is 12.7. The number of aromatic nitrogens is 2. The lowest BCUT2D eigenvalue weighted by atomic mass is 9.78. The van der Waals surface area contributed by atoms with Gasteiger partial charge in [0, 0.05) is 54.3 Å². The number of methoxy groups -OCH3 is 1. The number of fused-ring (bicyclic) bond motifs is 3. The second-order valence-electron chi connectivity index (χ2n) is 11.6. The second kappa shape index (κ2) is 9.55. The summed E-state index contributed by atoms with van der Waals surface area (Å²) in [5.41, 5.74) is 4.26. The SMILES string of the molecule is COc1cc2c(cc1-c1cnc(N3CCC(C(=O)O)C3)c(C)c1)CC(C(C)(C)C)n1cc(C(=O)O)c(=O)cc1-2. The van der Waals surface area contributed by atoms with E-state index in [2.05, 4.69) is 26.8 Å². The van der Waals surface area contributed by atoms with Gasteiger partial charge in [0.25, 0.3) is 0 Å². The van der Waals surface area contributed by atoms with Gasteiger partial charge in [-0.2, -0.15) is 0 Å². The Morgan fingerprint density at radius 3 is 2.44 bits per heavy atom. The van der Waals surface area contributed by atoms with Crippen molar-refractivity contribution in [2.75, 3.05) is 25.1 Å². The van der Waals surface area contributed by atoms with Crippen LogP contribution >= 0.6 is 0 Å². The third-order valence-electron chi connectivity index (χ3n) is 7.96. The van der Waals surface area contributed by atoms with E-state index in [-0.39, 0.29) is 22.9 Å². The van der Waals surface area contributed by atoms with Crippen molar-refractivity contribution in [3.8, 4) is 28.1 Å². The van der Waals surface area contributed by atoms with E-state index in [9.17, 15) is 24.6 Å². The third kappa shape index (κ3) is 4.66. The number of carboxylic acids is 2. The van der Waals surface area contributed by atoms with Gasteiger partial charge in [-0.3, -0.25) is 9.59 Å². The highest BCUT2D eigenvalue weighted by atomic mass is 16.5. The Labute approximate surface area is 226 Å². The van der Waals surface area contributed by atoms with Crippen molar-refractivity contribution in [3.05, 3.63) is 63.6 Å². The number of ether oxygens (including phenoxy) is 1. The number of aliphatic carboxylic acids is 1. The Balaban J connectivity index is 1.60. The van der Waals surface area contributed by atoms with Gasteiger partial charge >= 0.3 is 11.9 Å². The zero-order chi connectivity index (χ0) is 28.2. The van der Waals surface area contributed by atoms with E-state index in [1.807, 2.05) is 28.5 Å². The zero-order valence-electron chi connectivity index (χ0n) is 22.8. The number of hydrogen-bond donors (Lipinski definition) is 2. The van der Waals surface area contributed by atoms with Crippen molar-refractivity contribution in [3.63, 3.8) is 0 Å². The number of benzene rings is 1. The minimum atomic E-state index is -1.24. The molecule has 3 aromatic rings. The smallest absolute Gasteiger partial charge is 0.341 e. The lowest BCUT2D eigenvalue weighted by molar-refractivity contribution is -0.140. The Bertz CT molecular complexity index is 1550. The minimum Gasteiger partial charge on any atom is -0.496 e. The Morgan fingerprint density at radius 1 is 1.10 bits per heavy atom. The molecule has 1 aromatic carbocycles. The van der Waals surface area contributed by atoms with E-state index in [1.54, 1.807) is 13.3 Å². The highest BCUT2D eigenvalue weighted by Crippen LogP contribution is 2.46. The number of hydrogen-bond acceptors (Lipinski definition) is 6. The fourth-order valence-electron chi connectivity index (χ4n) is 5.84. The first-order valence-corrected chi connectivity index (χ1v) is 13.0. The standard InChI is InChI=1S/C30H33N3O6/c1-16-8-19(13-31-27(16)32-7-6-17(14-32)28(35)36)21-9-18-10-26(30(2,3)4)33-15-22(29(37)38)24(34)12-23(33)20(18)11-25(21)39-5/h8-9,11-13,15,17,26H,6-7,10,14H2,1-5H3,(H,35,36)(H,37,38). The molecular weight excluding hydrogens is 498 g/mol. The number of anilines is 1. The summed E-state index contributed by atoms with van der Waals surface area (Å²) in [6.07, 6.45) is 4.52. The second-order valence-corrected chi connectivity index (χ2v) is 11.6. The number of rotatable bonds is 5. The average molecular weight is 532 g/mol. The minimum absolute atomic E-state index is 0.0699. The predicted molar refractivity (Wildman–Crippen MR) is 148 cm³/mol. The maximum Gasteiger partial charge on any atom is 0.341 e. The van der Waals surface area contributed by atoms with Gasteiger partial charge in [-0.05, 0) is 54.5 Å². The molecule has 2 aliphatic heterocycles. The van der Waals surface area contributed by atoms with Crippen molar-refractivity contribution < 1.29 is 24.5 Å². The van der Waals surface area contributed by atoms with Crippen molar-refractivity contribution in [2.24, 2.45) is 11.3 Å². The highest BCUT2D eigenvalue weighted by Gasteiger charge is 2.34. The number of pyridine rings is 2. The molecule has 2 N–H and O–H groups in total. The normalized spacial score (nSPS) is 18.4. The molecular formula is C30H33N3O6. The Morgan fingerprint density at radius 2 is 1.85 bits per heavy atom. The lowest BCUT2D eigenvalue weighted by Crippen LogP contribution is -2.32. The molecule has 0 bridgehead atoms. The Kier molecular flexibility index (Phi) is 6.48. The van der Waals surface area contributed by atoms with Gasteiger partial charge in [0.05, 0.1) is 18.7 Å². The van der Waals surface area contributed by atoms with Crippen LogP contribution in [0.15, 0.2) is 41.5 Å². The molecule has 4 heterocycles. The quantitative estimate of drug-likeness (QED) is 0.488. The summed E-state index contributed by atoms with van der Waals surface area (Å²) in [6.45, 7) is 9.39. The number of aromatic carboxylic acids is 1. The van der Waals surface area contributed by atoms with Crippen molar-refractivity contribution in [2.45, 2.75) is 46.6 Å². The molecule has 5 rings (SSSR count). The summed E-state index contributed by atoms with van der Waals surface area (Å²) < 4.78 is 7.72. The zero-order valence-corrected chi connectivity index (χ0v) is 22.8. The fraction of sp³-hybridized carbons (Fsp3) is 0.400. The molecule has 0 spiro atoms. The third-order valence-corrected chi connectivity index (χ3v) is 7.96. The van der Waals surface area contributed by atoms with E-state index in [1.165, 1.54) is 12.3 Å². The molecule has 0 aliphatic carbocycles. The van der Waals surface area contributed by atoms with Gasteiger partial charge in [-0.25, -0.2) is 9.78 Å². The van der Waals surface area contributed by atoms with Crippen LogP contribution in [0.5, 0.6) is 5.75 Å². The van der Waals surface area contributed by atoms with E-state index in [0.29, 0.717) is 37.4 Å². The van der Waals surface area contributed by atoms with Crippen LogP contribution in [0.2, 0.25) is 0 Å². The number of nitrogens with zero attached hydrogens (tertiary/aromatic N) is 3. The first kappa shape index (κ1) is 26.5. The molecule has 9 nitrogen and oxygen atoms in total. The van der Waals surface area contributed by atoms with Gasteiger partial charge in [0.1, 0.15) is 17.1 Å². The van der Waals surface area contributed by atoms with E-state index in [0.717, 1.165) is 33.6 Å². The lowest BCUT2D eigenvalue weighted by Gasteiger charge is -2.39. The van der Waals surface area contributed by atoms with Crippen LogP contribution in [0.3, 0.4) is 0 Å². The van der Waals surface area contributed by atoms with Crippen molar-refractivity contribution in [1.29, 1.82) is 0 Å². The van der Waals surface area contributed by atoms with E-state index >= 15 is 0 Å². The van der Waals surface area contributed by atoms with Crippen LogP contribution in [0.25, 0.3) is 22.4 Å². The Hall–Kier alpha value is -4.14. The first-order valence-electron chi connectivity index (χ1n) is 13.0. The summed E-state index contributed by atoms with van der Waals surface area (Å²) in [7, 11) is 1.59. The molecule has 2 aliphatic rings. The molecule has 0 saturated carbocycles. The monoisotopic (exact) mass is 531 g/mol. The van der Waals surface area contributed by atoms with Crippen LogP contribution in [-0.2, 0) is 11.2 Å². The maximum atomic E-state index is 12.7. The van der Waals surface area contributed by atoms with Crippen molar-refractivity contribution >= 4 is 17.8 Å². The van der Waals surface area contributed by atoms with Gasteiger partial charge < -0.3 is 24.4 Å². The molecule has 2 atom stereocenters. The number of carboxylic acid groups (broad SMARTS) is 2. The first-order chi connectivity index (χ1) is 18.4. The van der Waals surface area contributed by atoms with E-state index in [4.69, 9.17) is 9.72 Å². The molecule has 2 unspecified atom stereocenters. The van der Waals surface area contributed by atoms with Gasteiger partial charge in [-0.15, -0.1) is 0 Å². The predicted octanol–water partition coefficient (Wildman–Crippen LogP) is 4.65. The largest absolute Gasteiger partial charge is 0.496 e. The highest BCUT2D eigenvalue weighted by molar-refractivity contribution is 5.88. The molecule has 9 heteroatoms. The van der Waals surface area contributed by atoms with Crippen molar-refractivity contribution in [1.82, 2.24) is 9.55 Å². The van der Waals surface area contributed by atoms with Crippen LogP contribution in [0, 0.1) is 18.3 Å². The van der Waals surface area contributed by atoms with Gasteiger partial charge in [0.2, 0.25) is 0 Å². The fourth-order valence-corrected chi connectivity index (χ4v) is 5.84. The molecule has 1 saturated heterocycles. The molecule has 1 fully saturated rings. The average Bonchev–Trinajstić information content (AvgIpc) is 3.36. The van der Waals surface area contributed by atoms with Gasteiger partial charge in [0.15, 0.2) is 5.43 Å². The summed E-state index contributed by atoms with van der Waals surface area (Å²) >= 11 is 0. The molecule has 0 radical (unpaired) electrons. The summed E-state index contributed by atoms with van der Waals surface area (Å²) in [6, 6.07) is 7.39. The summed E-state index contributed by atoms with van der Waals surface area (Å²) in [4.78, 5) is 42.6. The summed E-state index contributed by atoms with van der Waals surface area (Å²) in [5.74, 6) is -0.994. The number of carbonyl (C=O) groups is 2. The molecule has 204 valence electrons. The molecule has 0 amide bonds. The van der Waals surface area contributed by atoms with E-state index < -0.39 is 17.4 Å². The van der Waals surface area contributed by atoms with Crippen LogP contribution in [0.4, 0.5) is 5.82 Å². The van der Waals surface area contributed by atoms with Gasteiger partial charge in [-0.1, -0.05) is 20.8 Å². The van der Waals surface area contributed by atoms with Crippen LogP contribution in [0.1, 0.15) is 54.7 Å². The summed E-state index contributed by atoms with van der Waals surface area (Å²) in [5, 5.41) is 18.9. The topological polar surface area (TPSA) is 122 Å². The van der Waals surface area contributed by atoms with Crippen LogP contribution < -0.4 is 15.1 Å². The molecule has 39 heavy (non-hydrogen) atoms. The number of aryl methyl sites for hydroxylation is 1. The molecule has 2 aromatic heterocycles. The van der Waals surface area contributed by atoms with Crippen LogP contribution in [-0.4, -0.2) is 51.9 Å².